The van der Waals surface area contributed by atoms with Gasteiger partial charge in [0.2, 0.25) is 11.6 Å². The van der Waals surface area contributed by atoms with Crippen LogP contribution in [0.15, 0.2) is 65.8 Å². The molecule has 4 heteroatoms. The van der Waals surface area contributed by atoms with Gasteiger partial charge in [0.15, 0.2) is 5.71 Å². The number of oxime groups is 1. The maximum Gasteiger partial charge on any atom is 0.218 e. The molecule has 0 fully saturated rings. The zero-order chi connectivity index (χ0) is 14.4. The monoisotopic (exact) mass is 267 g/mol. The molecular formula is C16H13NO3. The Hall–Kier alpha value is -2.75. The van der Waals surface area contributed by atoms with E-state index < -0.39 is 11.6 Å². The Balaban J connectivity index is 2.36. The van der Waals surface area contributed by atoms with Crippen LogP contribution in [0, 0.1) is 0 Å². The summed E-state index contributed by atoms with van der Waals surface area (Å²) in [5.41, 5.74) is 0.560. The van der Waals surface area contributed by atoms with Crippen molar-refractivity contribution < 1.29 is 14.4 Å². The second-order valence-corrected chi connectivity index (χ2v) is 4.01. The molecule has 0 aromatic heterocycles. The van der Waals surface area contributed by atoms with Crippen LogP contribution in [0.4, 0.5) is 0 Å². The van der Waals surface area contributed by atoms with E-state index in [1.807, 2.05) is 0 Å². The van der Waals surface area contributed by atoms with Crippen molar-refractivity contribution in [1.82, 2.24) is 0 Å². The molecule has 0 unspecified atom stereocenters. The van der Waals surface area contributed by atoms with Crippen LogP contribution in [0.1, 0.15) is 20.7 Å². The molecule has 2 rings (SSSR count). The lowest BCUT2D eigenvalue weighted by Gasteiger charge is -2.04. The van der Waals surface area contributed by atoms with Crippen molar-refractivity contribution in [2.45, 2.75) is 0 Å². The van der Waals surface area contributed by atoms with E-state index in [9.17, 15) is 9.59 Å². The Labute approximate surface area is 116 Å². The largest absolute Gasteiger partial charge is 0.398 e. The maximum atomic E-state index is 12.3. The molecule has 0 radical (unpaired) electrons. The highest BCUT2D eigenvalue weighted by atomic mass is 16.6. The highest BCUT2D eigenvalue weighted by molar-refractivity contribution is 6.71. The Kier molecular flexibility index (Phi) is 4.39. The van der Waals surface area contributed by atoms with Crippen molar-refractivity contribution in [3.8, 4) is 0 Å². The lowest BCUT2D eigenvalue weighted by molar-refractivity contribution is 0.100. The maximum absolute atomic E-state index is 12.3. The van der Waals surface area contributed by atoms with E-state index in [0.717, 1.165) is 0 Å². The quantitative estimate of drug-likeness (QED) is 0.362. The summed E-state index contributed by atoms with van der Waals surface area (Å²) in [4.78, 5) is 29.3. The first-order chi connectivity index (χ1) is 9.74. The Bertz CT molecular complexity index is 580. The van der Waals surface area contributed by atoms with Gasteiger partial charge in [-0.25, -0.2) is 0 Å². The van der Waals surface area contributed by atoms with Gasteiger partial charge < -0.3 is 4.84 Å². The van der Waals surface area contributed by atoms with E-state index in [1.54, 1.807) is 60.7 Å². The van der Waals surface area contributed by atoms with Gasteiger partial charge in [-0.1, -0.05) is 65.8 Å². The molecule has 0 saturated heterocycles. The normalized spacial score (nSPS) is 9.65. The average Bonchev–Trinajstić information content (AvgIpc) is 2.53. The van der Waals surface area contributed by atoms with Crippen LogP contribution in [0.25, 0.3) is 0 Å². The van der Waals surface area contributed by atoms with Gasteiger partial charge in [0.05, 0.1) is 0 Å². The SMILES string of the molecule is CON=C(C(=O)c1ccccc1)C(=O)c1ccccc1. The van der Waals surface area contributed by atoms with E-state index in [-0.39, 0.29) is 5.71 Å². The van der Waals surface area contributed by atoms with Crippen LogP contribution >= 0.6 is 0 Å². The van der Waals surface area contributed by atoms with Crippen molar-refractivity contribution >= 4 is 17.3 Å². The van der Waals surface area contributed by atoms with Crippen LogP contribution in [-0.4, -0.2) is 24.4 Å². The number of ketones is 2. The second-order valence-electron chi connectivity index (χ2n) is 4.01. The minimum absolute atomic E-state index is 0.232. The van der Waals surface area contributed by atoms with Crippen molar-refractivity contribution in [3.05, 3.63) is 71.8 Å². The molecule has 20 heavy (non-hydrogen) atoms. The van der Waals surface area contributed by atoms with Crippen LogP contribution in [0.3, 0.4) is 0 Å². The molecule has 0 N–H and O–H groups in total. The van der Waals surface area contributed by atoms with E-state index in [4.69, 9.17) is 0 Å². The molecule has 4 nitrogen and oxygen atoms in total. The Morgan fingerprint density at radius 1 is 0.800 bits per heavy atom. The van der Waals surface area contributed by atoms with Crippen LogP contribution < -0.4 is 0 Å². The Morgan fingerprint density at radius 3 is 1.55 bits per heavy atom. The minimum Gasteiger partial charge on any atom is -0.398 e. The molecule has 2 aromatic carbocycles. The lowest BCUT2D eigenvalue weighted by atomic mass is 9.99. The van der Waals surface area contributed by atoms with E-state index in [0.29, 0.717) is 11.1 Å². The molecule has 100 valence electrons. The third kappa shape index (κ3) is 2.98. The van der Waals surface area contributed by atoms with E-state index in [2.05, 4.69) is 9.99 Å². The second kappa shape index (κ2) is 6.43. The highest BCUT2D eigenvalue weighted by Gasteiger charge is 2.23. The molecule has 0 bridgehead atoms. The van der Waals surface area contributed by atoms with Gasteiger partial charge in [0.25, 0.3) is 0 Å². The topological polar surface area (TPSA) is 55.7 Å². The van der Waals surface area contributed by atoms with Gasteiger partial charge in [-0.15, -0.1) is 0 Å². The molecule has 0 spiro atoms. The van der Waals surface area contributed by atoms with Gasteiger partial charge in [-0.05, 0) is 0 Å². The van der Waals surface area contributed by atoms with E-state index in [1.165, 1.54) is 7.11 Å². The third-order valence-electron chi connectivity index (χ3n) is 2.68. The summed E-state index contributed by atoms with van der Waals surface area (Å²) in [6.45, 7) is 0. The number of benzene rings is 2. The van der Waals surface area contributed by atoms with Crippen molar-refractivity contribution in [2.24, 2.45) is 5.16 Å². The first-order valence-electron chi connectivity index (χ1n) is 6.04. The van der Waals surface area contributed by atoms with Crippen molar-refractivity contribution in [1.29, 1.82) is 0 Å². The molecule has 0 aliphatic heterocycles. The fourth-order valence-electron chi connectivity index (χ4n) is 1.73. The smallest absolute Gasteiger partial charge is 0.218 e. The van der Waals surface area contributed by atoms with Gasteiger partial charge in [-0.2, -0.15) is 0 Å². The summed E-state index contributed by atoms with van der Waals surface area (Å²) in [7, 11) is 1.30. The summed E-state index contributed by atoms with van der Waals surface area (Å²) in [5.74, 6) is -0.914. The highest BCUT2D eigenvalue weighted by Crippen LogP contribution is 2.08. The predicted octanol–water partition coefficient (Wildman–Crippen LogP) is 2.75. The molecule has 0 saturated carbocycles. The first kappa shape index (κ1) is 13.7. The number of rotatable bonds is 5. The fraction of sp³-hybridized carbons (Fsp3) is 0.0625. The zero-order valence-corrected chi connectivity index (χ0v) is 10.9. The molecule has 0 heterocycles. The van der Waals surface area contributed by atoms with Gasteiger partial charge >= 0.3 is 0 Å². The Morgan fingerprint density at radius 2 is 1.20 bits per heavy atom. The number of carbonyl (C=O) groups excluding carboxylic acids is 2. The summed E-state index contributed by atoms with van der Waals surface area (Å²) in [5, 5.41) is 3.59. The number of Topliss-reactive ketones (excluding diaryl/α,β-unsaturated/α-hetero) is 2. The van der Waals surface area contributed by atoms with Crippen LogP contribution in [-0.2, 0) is 4.84 Å². The predicted molar refractivity (Wildman–Crippen MR) is 76.0 cm³/mol. The molecule has 0 amide bonds. The molecular weight excluding hydrogens is 254 g/mol. The lowest BCUT2D eigenvalue weighted by Crippen LogP contribution is -2.25. The van der Waals surface area contributed by atoms with Gasteiger partial charge in [0, 0.05) is 11.1 Å². The molecule has 0 atom stereocenters. The average molecular weight is 267 g/mol. The van der Waals surface area contributed by atoms with Crippen molar-refractivity contribution in [3.63, 3.8) is 0 Å². The number of carbonyl (C=O) groups is 2. The standard InChI is InChI=1S/C16H13NO3/c1-20-17-14(15(18)12-8-4-2-5-9-12)16(19)13-10-6-3-7-11-13/h2-11H,1H3. The van der Waals surface area contributed by atoms with Crippen molar-refractivity contribution in [2.75, 3.05) is 7.11 Å². The zero-order valence-electron chi connectivity index (χ0n) is 10.9. The molecule has 0 aliphatic rings. The number of hydrogen-bond acceptors (Lipinski definition) is 4. The molecule has 2 aromatic rings. The minimum atomic E-state index is -0.457. The molecule has 0 aliphatic carbocycles. The summed E-state index contributed by atoms with van der Waals surface area (Å²) >= 11 is 0. The van der Waals surface area contributed by atoms with Crippen LogP contribution in [0.5, 0.6) is 0 Å². The van der Waals surface area contributed by atoms with Gasteiger partial charge in [0.1, 0.15) is 7.11 Å². The number of nitrogens with zero attached hydrogens (tertiary/aromatic N) is 1. The fourth-order valence-corrected chi connectivity index (χ4v) is 1.73. The summed E-state index contributed by atoms with van der Waals surface area (Å²) < 4.78 is 0. The van der Waals surface area contributed by atoms with Crippen LogP contribution in [0.2, 0.25) is 0 Å². The first-order valence-corrected chi connectivity index (χ1v) is 6.04. The summed E-state index contributed by atoms with van der Waals surface area (Å²) in [6, 6.07) is 17.0. The summed E-state index contributed by atoms with van der Waals surface area (Å²) in [6.07, 6.45) is 0. The number of hydrogen-bond donors (Lipinski definition) is 0. The van der Waals surface area contributed by atoms with Gasteiger partial charge in [-0.3, -0.25) is 9.59 Å². The van der Waals surface area contributed by atoms with E-state index >= 15 is 0 Å². The third-order valence-corrected chi connectivity index (χ3v) is 2.68.